The van der Waals surface area contributed by atoms with Crippen LogP contribution in [0.1, 0.15) is 11.3 Å². The molecule has 0 spiro atoms. The molecule has 1 fully saturated rings. The summed E-state index contributed by atoms with van der Waals surface area (Å²) >= 11 is 0. The van der Waals surface area contributed by atoms with Gasteiger partial charge < -0.3 is 9.15 Å². The van der Waals surface area contributed by atoms with Crippen molar-refractivity contribution in [3.8, 4) is 11.5 Å². The Hall–Kier alpha value is -2.08. The maximum Gasteiger partial charge on any atom is 0.152 e. The summed E-state index contributed by atoms with van der Waals surface area (Å²) in [6.07, 6.45) is 3.55. The number of hydrogen-bond acceptors (Lipinski definition) is 5. The molecule has 100 valence electrons. The Bertz CT molecular complexity index is 567. The molecule has 3 heterocycles. The fourth-order valence-electron chi connectivity index (χ4n) is 1.97. The van der Waals surface area contributed by atoms with Gasteiger partial charge in [0.25, 0.3) is 0 Å². The van der Waals surface area contributed by atoms with E-state index in [0.717, 1.165) is 49.1 Å². The van der Waals surface area contributed by atoms with Crippen LogP contribution in [-0.4, -0.2) is 47.7 Å². The molecule has 1 saturated heterocycles. The zero-order valence-electron chi connectivity index (χ0n) is 10.8. The molecule has 19 heavy (non-hydrogen) atoms. The van der Waals surface area contributed by atoms with Gasteiger partial charge in [-0.25, -0.2) is 0 Å². The van der Waals surface area contributed by atoms with Gasteiger partial charge in [0.2, 0.25) is 0 Å². The molecule has 0 aliphatic carbocycles. The number of aromatic nitrogens is 2. The molecular formula is C13H16N4O2. The topological polar surface area (TPSA) is 66.7 Å². The predicted molar refractivity (Wildman–Crippen MR) is 71.0 cm³/mol. The van der Waals surface area contributed by atoms with E-state index < -0.39 is 0 Å². The minimum absolute atomic E-state index is 0.729. The fourth-order valence-corrected chi connectivity index (χ4v) is 1.97. The summed E-state index contributed by atoms with van der Waals surface area (Å²) in [5.74, 6) is 1.65. The van der Waals surface area contributed by atoms with Crippen molar-refractivity contribution in [1.29, 1.82) is 0 Å². The first kappa shape index (κ1) is 12.0. The quantitative estimate of drug-likeness (QED) is 0.852. The Labute approximate surface area is 111 Å². The number of aryl methyl sites for hydroxylation is 1. The molecule has 0 saturated carbocycles. The van der Waals surface area contributed by atoms with Crippen LogP contribution in [0.5, 0.6) is 0 Å². The average Bonchev–Trinajstić information content (AvgIpc) is 3.06. The lowest BCUT2D eigenvalue weighted by molar-refractivity contribution is 0.0397. The molecular weight excluding hydrogens is 244 g/mol. The van der Waals surface area contributed by atoms with Crippen LogP contribution in [0, 0.1) is 6.92 Å². The lowest BCUT2D eigenvalue weighted by Crippen LogP contribution is -2.32. The van der Waals surface area contributed by atoms with Crippen LogP contribution in [0.15, 0.2) is 27.8 Å². The van der Waals surface area contributed by atoms with Crippen LogP contribution < -0.4 is 0 Å². The third kappa shape index (κ3) is 2.68. The van der Waals surface area contributed by atoms with E-state index in [0.29, 0.717) is 0 Å². The van der Waals surface area contributed by atoms with Crippen molar-refractivity contribution >= 4 is 6.21 Å². The summed E-state index contributed by atoms with van der Waals surface area (Å²) in [6.45, 7) is 5.02. The first-order valence-electron chi connectivity index (χ1n) is 6.30. The van der Waals surface area contributed by atoms with E-state index in [9.17, 15) is 0 Å². The zero-order chi connectivity index (χ0) is 13.1. The Kier molecular flexibility index (Phi) is 3.33. The lowest BCUT2D eigenvalue weighted by atomic mass is 10.2. The number of hydrogen-bond donors (Lipinski definition) is 1. The third-order valence-electron chi connectivity index (χ3n) is 3.00. The Morgan fingerprint density at radius 2 is 2.21 bits per heavy atom. The van der Waals surface area contributed by atoms with Gasteiger partial charge in [0.1, 0.15) is 11.5 Å². The van der Waals surface area contributed by atoms with Gasteiger partial charge in [-0.05, 0) is 19.1 Å². The molecule has 6 heteroatoms. The smallest absolute Gasteiger partial charge is 0.152 e. The van der Waals surface area contributed by atoms with E-state index in [2.05, 4.69) is 15.3 Å². The van der Waals surface area contributed by atoms with Gasteiger partial charge >= 0.3 is 0 Å². The summed E-state index contributed by atoms with van der Waals surface area (Å²) in [7, 11) is 0. The van der Waals surface area contributed by atoms with Crippen molar-refractivity contribution in [2.45, 2.75) is 6.92 Å². The van der Waals surface area contributed by atoms with E-state index in [1.165, 1.54) is 0 Å². The van der Waals surface area contributed by atoms with Gasteiger partial charge in [-0.1, -0.05) is 0 Å². The standard InChI is InChI=1S/C13H16N4O2/c1-10-2-3-12(19-10)13-11(8-14-16-13)9-15-17-4-6-18-7-5-17/h2-3,8-9H,4-7H2,1H3,(H,14,16)/b15-9+. The highest BCUT2D eigenvalue weighted by atomic mass is 16.5. The van der Waals surface area contributed by atoms with E-state index in [1.807, 2.05) is 30.3 Å². The van der Waals surface area contributed by atoms with E-state index >= 15 is 0 Å². The molecule has 0 atom stereocenters. The molecule has 2 aromatic heterocycles. The van der Waals surface area contributed by atoms with Gasteiger partial charge in [0, 0.05) is 5.56 Å². The SMILES string of the molecule is Cc1ccc(-c2[nH]ncc2/C=N/N2CCOCC2)o1. The van der Waals surface area contributed by atoms with Crippen molar-refractivity contribution in [3.05, 3.63) is 29.7 Å². The highest BCUT2D eigenvalue weighted by molar-refractivity contribution is 5.87. The maximum atomic E-state index is 5.59. The number of H-pyrrole nitrogens is 1. The number of nitrogens with zero attached hydrogens (tertiary/aromatic N) is 3. The van der Waals surface area contributed by atoms with Crippen molar-refractivity contribution < 1.29 is 9.15 Å². The normalized spacial score (nSPS) is 16.4. The molecule has 6 nitrogen and oxygen atoms in total. The zero-order valence-corrected chi connectivity index (χ0v) is 10.8. The van der Waals surface area contributed by atoms with Crippen molar-refractivity contribution in [1.82, 2.24) is 15.2 Å². The fraction of sp³-hybridized carbons (Fsp3) is 0.385. The summed E-state index contributed by atoms with van der Waals surface area (Å²) in [4.78, 5) is 0. The Morgan fingerprint density at radius 1 is 1.37 bits per heavy atom. The Morgan fingerprint density at radius 3 is 2.95 bits per heavy atom. The van der Waals surface area contributed by atoms with Crippen LogP contribution >= 0.6 is 0 Å². The number of furan rings is 1. The summed E-state index contributed by atoms with van der Waals surface area (Å²) < 4.78 is 10.9. The predicted octanol–water partition coefficient (Wildman–Crippen LogP) is 1.64. The third-order valence-corrected chi connectivity index (χ3v) is 3.00. The van der Waals surface area contributed by atoms with Crippen LogP contribution in [-0.2, 0) is 4.74 Å². The first-order valence-corrected chi connectivity index (χ1v) is 6.30. The first-order chi connectivity index (χ1) is 9.33. The van der Waals surface area contributed by atoms with Crippen LogP contribution in [0.4, 0.5) is 0 Å². The van der Waals surface area contributed by atoms with Gasteiger partial charge in [0.05, 0.1) is 38.7 Å². The number of morpholine rings is 1. The largest absolute Gasteiger partial charge is 0.460 e. The summed E-state index contributed by atoms with van der Waals surface area (Å²) in [5, 5.41) is 13.4. The molecule has 0 aromatic carbocycles. The second-order valence-corrected chi connectivity index (χ2v) is 4.42. The number of nitrogens with one attached hydrogen (secondary N) is 1. The molecule has 3 rings (SSSR count). The minimum Gasteiger partial charge on any atom is -0.460 e. The molecule has 1 aliphatic rings. The number of ether oxygens (including phenoxy) is 1. The molecule has 0 amide bonds. The second kappa shape index (κ2) is 5.27. The molecule has 1 N–H and O–H groups in total. The van der Waals surface area contributed by atoms with E-state index in [4.69, 9.17) is 9.15 Å². The van der Waals surface area contributed by atoms with Gasteiger partial charge in [0.15, 0.2) is 5.76 Å². The van der Waals surface area contributed by atoms with Gasteiger partial charge in [-0.2, -0.15) is 10.2 Å². The molecule has 0 bridgehead atoms. The van der Waals surface area contributed by atoms with Crippen molar-refractivity contribution in [3.63, 3.8) is 0 Å². The molecule has 0 radical (unpaired) electrons. The maximum absolute atomic E-state index is 5.59. The Balaban J connectivity index is 1.78. The van der Waals surface area contributed by atoms with Crippen LogP contribution in [0.25, 0.3) is 11.5 Å². The van der Waals surface area contributed by atoms with Gasteiger partial charge in [-0.3, -0.25) is 10.1 Å². The van der Waals surface area contributed by atoms with Gasteiger partial charge in [-0.15, -0.1) is 0 Å². The van der Waals surface area contributed by atoms with E-state index in [1.54, 1.807) is 6.20 Å². The van der Waals surface area contributed by atoms with Crippen LogP contribution in [0.2, 0.25) is 0 Å². The number of rotatable bonds is 3. The number of aromatic amines is 1. The monoisotopic (exact) mass is 260 g/mol. The molecule has 0 unspecified atom stereocenters. The van der Waals surface area contributed by atoms with E-state index in [-0.39, 0.29) is 0 Å². The number of hydrazone groups is 1. The minimum atomic E-state index is 0.729. The van der Waals surface area contributed by atoms with Crippen LogP contribution in [0.3, 0.4) is 0 Å². The summed E-state index contributed by atoms with van der Waals surface area (Å²) in [5.41, 5.74) is 1.77. The summed E-state index contributed by atoms with van der Waals surface area (Å²) in [6, 6.07) is 3.86. The van der Waals surface area contributed by atoms with Crippen molar-refractivity contribution in [2.24, 2.45) is 5.10 Å². The second-order valence-electron chi connectivity index (χ2n) is 4.42. The average molecular weight is 260 g/mol. The highest BCUT2D eigenvalue weighted by Crippen LogP contribution is 2.22. The lowest BCUT2D eigenvalue weighted by Gasteiger charge is -2.23. The van der Waals surface area contributed by atoms with Crippen molar-refractivity contribution in [2.75, 3.05) is 26.3 Å². The highest BCUT2D eigenvalue weighted by Gasteiger charge is 2.11. The molecule has 1 aliphatic heterocycles. The molecule has 2 aromatic rings.